The molecule has 2 heterocycles. The number of benzene rings is 2. The minimum Gasteiger partial charge on any atom is -0.361 e. The monoisotopic (exact) mass is 389 g/mol. The molecule has 2 aromatic carbocycles. The molecule has 0 saturated heterocycles. The molecule has 5 heteroatoms. The number of halogens is 1. The Kier molecular flexibility index (Phi) is 4.58. The SMILES string of the molecule is O=C(CCCc1c[nH]c2ccccc12)N[C@H]1CCCc2c1[nH]c1ccc(F)cc21. The van der Waals surface area contributed by atoms with Crippen LogP contribution in [0.3, 0.4) is 0 Å². The summed E-state index contributed by atoms with van der Waals surface area (Å²) in [6.07, 6.45) is 7.06. The van der Waals surface area contributed by atoms with Crippen LogP contribution in [0.5, 0.6) is 0 Å². The zero-order chi connectivity index (χ0) is 19.8. The Morgan fingerprint density at radius 3 is 2.97 bits per heavy atom. The van der Waals surface area contributed by atoms with Crippen molar-refractivity contribution in [2.45, 2.75) is 44.6 Å². The first-order valence-electron chi connectivity index (χ1n) is 10.3. The predicted molar refractivity (Wildman–Crippen MR) is 113 cm³/mol. The number of para-hydroxylation sites is 1. The smallest absolute Gasteiger partial charge is 0.220 e. The number of rotatable bonds is 5. The topological polar surface area (TPSA) is 60.7 Å². The average molecular weight is 389 g/mol. The Morgan fingerprint density at radius 2 is 2.03 bits per heavy atom. The zero-order valence-electron chi connectivity index (χ0n) is 16.2. The third-order valence-electron chi connectivity index (χ3n) is 6.03. The van der Waals surface area contributed by atoms with Gasteiger partial charge in [-0.05, 0) is 67.5 Å². The second-order valence-electron chi connectivity index (χ2n) is 7.93. The standard InChI is InChI=1S/C24H24FN3O/c25-16-11-12-21-19(13-16)18-7-4-9-22(24(18)28-21)27-23(29)10-3-5-15-14-26-20-8-2-1-6-17(15)20/h1-2,6,8,11-14,22,26,28H,3-5,7,9-10H2,(H,27,29)/t22-/m0/s1. The molecular formula is C24H24FN3O. The van der Waals surface area contributed by atoms with Crippen LogP contribution in [0.4, 0.5) is 4.39 Å². The number of nitrogens with one attached hydrogen (secondary N) is 3. The molecule has 4 aromatic rings. The molecule has 148 valence electrons. The number of fused-ring (bicyclic) bond motifs is 4. The van der Waals surface area contributed by atoms with E-state index in [2.05, 4.69) is 27.4 Å². The zero-order valence-corrected chi connectivity index (χ0v) is 16.2. The maximum atomic E-state index is 13.7. The van der Waals surface area contributed by atoms with E-state index in [0.29, 0.717) is 6.42 Å². The number of hydrogen-bond acceptors (Lipinski definition) is 1. The largest absolute Gasteiger partial charge is 0.361 e. The first-order chi connectivity index (χ1) is 14.2. The van der Waals surface area contributed by atoms with E-state index in [0.717, 1.165) is 59.8 Å². The normalized spacial score (nSPS) is 16.2. The molecule has 2 aromatic heterocycles. The van der Waals surface area contributed by atoms with E-state index >= 15 is 0 Å². The van der Waals surface area contributed by atoms with Crippen molar-refractivity contribution in [3.05, 3.63) is 71.3 Å². The van der Waals surface area contributed by atoms with Crippen molar-refractivity contribution in [3.63, 3.8) is 0 Å². The van der Waals surface area contributed by atoms with E-state index in [-0.39, 0.29) is 17.8 Å². The van der Waals surface area contributed by atoms with E-state index < -0.39 is 0 Å². The Hall–Kier alpha value is -3.08. The molecule has 1 aliphatic carbocycles. The lowest BCUT2D eigenvalue weighted by Crippen LogP contribution is -2.30. The quantitative estimate of drug-likeness (QED) is 0.426. The molecule has 29 heavy (non-hydrogen) atoms. The number of aryl methyl sites for hydroxylation is 2. The van der Waals surface area contributed by atoms with Gasteiger partial charge in [0, 0.05) is 40.1 Å². The van der Waals surface area contributed by atoms with Gasteiger partial charge in [-0.2, -0.15) is 0 Å². The minimum atomic E-state index is -0.220. The molecule has 0 bridgehead atoms. The molecule has 1 amide bonds. The van der Waals surface area contributed by atoms with Crippen LogP contribution < -0.4 is 5.32 Å². The van der Waals surface area contributed by atoms with E-state index in [1.165, 1.54) is 17.0 Å². The molecule has 0 saturated carbocycles. The molecular weight excluding hydrogens is 365 g/mol. The van der Waals surface area contributed by atoms with Gasteiger partial charge in [0.2, 0.25) is 5.91 Å². The highest BCUT2D eigenvalue weighted by Gasteiger charge is 2.25. The van der Waals surface area contributed by atoms with Crippen LogP contribution in [0.1, 0.15) is 48.5 Å². The van der Waals surface area contributed by atoms with Crippen molar-refractivity contribution in [1.82, 2.24) is 15.3 Å². The molecule has 1 atom stereocenters. The first-order valence-corrected chi connectivity index (χ1v) is 10.3. The molecule has 4 nitrogen and oxygen atoms in total. The van der Waals surface area contributed by atoms with Crippen LogP contribution in [-0.4, -0.2) is 15.9 Å². The first kappa shape index (κ1) is 18.0. The Morgan fingerprint density at radius 1 is 1.14 bits per heavy atom. The second kappa shape index (κ2) is 7.39. The molecule has 0 radical (unpaired) electrons. The van der Waals surface area contributed by atoms with Gasteiger partial charge < -0.3 is 15.3 Å². The van der Waals surface area contributed by atoms with Gasteiger partial charge in [0.25, 0.3) is 0 Å². The van der Waals surface area contributed by atoms with Crippen molar-refractivity contribution in [2.75, 3.05) is 0 Å². The van der Waals surface area contributed by atoms with Crippen LogP contribution in [0, 0.1) is 5.82 Å². The summed E-state index contributed by atoms with van der Waals surface area (Å²) in [5, 5.41) is 5.37. The van der Waals surface area contributed by atoms with Gasteiger partial charge in [-0.25, -0.2) is 4.39 Å². The minimum absolute atomic E-state index is 0.0187. The third-order valence-corrected chi connectivity index (χ3v) is 6.03. The summed E-state index contributed by atoms with van der Waals surface area (Å²) < 4.78 is 13.7. The van der Waals surface area contributed by atoms with E-state index in [1.54, 1.807) is 12.1 Å². The van der Waals surface area contributed by atoms with Crippen molar-refractivity contribution < 1.29 is 9.18 Å². The van der Waals surface area contributed by atoms with E-state index in [1.807, 2.05) is 18.3 Å². The highest BCUT2D eigenvalue weighted by molar-refractivity contribution is 5.86. The van der Waals surface area contributed by atoms with Crippen LogP contribution in [-0.2, 0) is 17.6 Å². The number of hydrogen-bond donors (Lipinski definition) is 3. The van der Waals surface area contributed by atoms with Crippen LogP contribution in [0.15, 0.2) is 48.7 Å². The lowest BCUT2D eigenvalue weighted by atomic mass is 9.91. The second-order valence-corrected chi connectivity index (χ2v) is 7.93. The molecule has 3 N–H and O–H groups in total. The molecule has 1 aliphatic rings. The van der Waals surface area contributed by atoms with Gasteiger partial charge in [-0.1, -0.05) is 18.2 Å². The van der Waals surface area contributed by atoms with Crippen molar-refractivity contribution in [1.29, 1.82) is 0 Å². The average Bonchev–Trinajstić information content (AvgIpc) is 3.30. The molecule has 0 aliphatic heterocycles. The number of carbonyl (C=O) groups excluding carboxylic acids is 1. The number of amides is 1. The summed E-state index contributed by atoms with van der Waals surface area (Å²) in [5.41, 5.74) is 5.52. The number of aromatic amines is 2. The van der Waals surface area contributed by atoms with E-state index in [4.69, 9.17) is 0 Å². The van der Waals surface area contributed by atoms with Crippen molar-refractivity contribution in [2.24, 2.45) is 0 Å². The van der Waals surface area contributed by atoms with Crippen LogP contribution in [0.25, 0.3) is 21.8 Å². The maximum Gasteiger partial charge on any atom is 0.220 e. The van der Waals surface area contributed by atoms with Crippen molar-refractivity contribution >= 4 is 27.7 Å². The Bertz CT molecular complexity index is 1190. The number of H-pyrrole nitrogens is 2. The highest BCUT2D eigenvalue weighted by atomic mass is 19.1. The third kappa shape index (κ3) is 3.41. The van der Waals surface area contributed by atoms with Crippen LogP contribution in [0.2, 0.25) is 0 Å². The highest BCUT2D eigenvalue weighted by Crippen LogP contribution is 2.35. The fraction of sp³-hybridized carbons (Fsp3) is 0.292. The fourth-order valence-corrected chi connectivity index (χ4v) is 4.62. The lowest BCUT2D eigenvalue weighted by Gasteiger charge is -2.24. The summed E-state index contributed by atoms with van der Waals surface area (Å²) in [6, 6.07) is 13.1. The fourth-order valence-electron chi connectivity index (χ4n) is 4.62. The van der Waals surface area contributed by atoms with Gasteiger partial charge in [0.1, 0.15) is 5.82 Å². The summed E-state index contributed by atoms with van der Waals surface area (Å²) >= 11 is 0. The molecule has 0 spiro atoms. The van der Waals surface area contributed by atoms with Gasteiger partial charge >= 0.3 is 0 Å². The van der Waals surface area contributed by atoms with E-state index in [9.17, 15) is 9.18 Å². The van der Waals surface area contributed by atoms with Gasteiger partial charge in [0.05, 0.1) is 6.04 Å². The lowest BCUT2D eigenvalue weighted by molar-refractivity contribution is -0.122. The van der Waals surface area contributed by atoms with Gasteiger partial charge in [-0.3, -0.25) is 4.79 Å². The summed E-state index contributed by atoms with van der Waals surface area (Å²) in [5.74, 6) is -0.143. The summed E-state index contributed by atoms with van der Waals surface area (Å²) in [4.78, 5) is 19.3. The van der Waals surface area contributed by atoms with Crippen molar-refractivity contribution in [3.8, 4) is 0 Å². The predicted octanol–water partition coefficient (Wildman–Crippen LogP) is 5.30. The Balaban J connectivity index is 1.24. The number of aromatic nitrogens is 2. The van der Waals surface area contributed by atoms with Gasteiger partial charge in [-0.15, -0.1) is 0 Å². The summed E-state index contributed by atoms with van der Waals surface area (Å²) in [6.45, 7) is 0. The summed E-state index contributed by atoms with van der Waals surface area (Å²) in [7, 11) is 0. The Labute approximate surface area is 168 Å². The van der Waals surface area contributed by atoms with Crippen LogP contribution >= 0.6 is 0 Å². The maximum absolute atomic E-state index is 13.7. The molecule has 0 unspecified atom stereocenters. The van der Waals surface area contributed by atoms with Gasteiger partial charge in [0.15, 0.2) is 0 Å². The molecule has 0 fully saturated rings. The number of carbonyl (C=O) groups is 1. The molecule has 5 rings (SSSR count).